The third-order valence-electron chi connectivity index (χ3n) is 2.48. The maximum absolute atomic E-state index is 4.28. The molecule has 0 amide bonds. The van der Waals surface area contributed by atoms with Gasteiger partial charge in [-0.1, -0.05) is 0 Å². The highest BCUT2D eigenvalue weighted by atomic mass is 15.2. The first-order valence-electron chi connectivity index (χ1n) is 5.02. The summed E-state index contributed by atoms with van der Waals surface area (Å²) >= 11 is 0. The first-order chi connectivity index (χ1) is 6.75. The summed E-state index contributed by atoms with van der Waals surface area (Å²) in [6.45, 7) is 7.28. The van der Waals surface area contributed by atoms with Crippen molar-refractivity contribution in [3.05, 3.63) is 18.1 Å². The highest BCUT2D eigenvalue weighted by molar-refractivity contribution is 5.39. The molecular formula is C10H16N4. The molecule has 1 N–H and O–H groups in total. The predicted octanol–water partition coefficient (Wildman–Crippen LogP) is 0.583. The molecule has 1 aromatic rings. The minimum atomic E-state index is 0.541. The lowest BCUT2D eigenvalue weighted by molar-refractivity contribution is 0.482. The van der Waals surface area contributed by atoms with E-state index in [4.69, 9.17) is 0 Å². The van der Waals surface area contributed by atoms with E-state index in [9.17, 15) is 0 Å². The van der Waals surface area contributed by atoms with Gasteiger partial charge < -0.3 is 10.2 Å². The molecule has 0 spiro atoms. The van der Waals surface area contributed by atoms with Gasteiger partial charge in [-0.2, -0.15) is 0 Å². The summed E-state index contributed by atoms with van der Waals surface area (Å²) in [4.78, 5) is 10.7. The van der Waals surface area contributed by atoms with Crippen LogP contribution in [0.25, 0.3) is 0 Å². The second-order valence-corrected chi connectivity index (χ2v) is 3.82. The van der Waals surface area contributed by atoms with E-state index in [1.165, 1.54) is 0 Å². The quantitative estimate of drug-likeness (QED) is 0.707. The second kappa shape index (κ2) is 3.92. The summed E-state index contributed by atoms with van der Waals surface area (Å²) in [6.07, 6.45) is 1.64. The van der Waals surface area contributed by atoms with Crippen molar-refractivity contribution in [3.8, 4) is 0 Å². The maximum Gasteiger partial charge on any atom is 0.132 e. The van der Waals surface area contributed by atoms with Gasteiger partial charge in [-0.15, -0.1) is 0 Å². The van der Waals surface area contributed by atoms with E-state index < -0.39 is 0 Å². The van der Waals surface area contributed by atoms with E-state index in [1.807, 2.05) is 13.0 Å². The zero-order valence-electron chi connectivity index (χ0n) is 8.70. The van der Waals surface area contributed by atoms with Crippen molar-refractivity contribution in [3.63, 3.8) is 0 Å². The van der Waals surface area contributed by atoms with Crippen molar-refractivity contribution in [1.29, 1.82) is 0 Å². The maximum atomic E-state index is 4.28. The van der Waals surface area contributed by atoms with Crippen LogP contribution in [0.15, 0.2) is 12.4 Å². The van der Waals surface area contributed by atoms with Crippen molar-refractivity contribution in [2.45, 2.75) is 19.9 Å². The highest BCUT2D eigenvalue weighted by Gasteiger charge is 2.16. The molecule has 1 saturated heterocycles. The van der Waals surface area contributed by atoms with Gasteiger partial charge in [0.15, 0.2) is 0 Å². The largest absolute Gasteiger partial charge is 0.354 e. The Morgan fingerprint density at radius 2 is 2.36 bits per heavy atom. The number of anilines is 1. The van der Waals surface area contributed by atoms with Crippen molar-refractivity contribution in [2.24, 2.45) is 0 Å². The lowest BCUT2D eigenvalue weighted by atomic mass is 10.2. The van der Waals surface area contributed by atoms with Crippen LogP contribution in [0.3, 0.4) is 0 Å². The van der Waals surface area contributed by atoms with Gasteiger partial charge in [0.05, 0.1) is 0 Å². The summed E-state index contributed by atoms with van der Waals surface area (Å²) in [5, 5.41) is 3.41. The summed E-state index contributed by atoms with van der Waals surface area (Å²) in [7, 11) is 0. The van der Waals surface area contributed by atoms with Gasteiger partial charge in [-0.25, -0.2) is 9.97 Å². The Morgan fingerprint density at radius 3 is 3.07 bits per heavy atom. The molecule has 4 nitrogen and oxygen atoms in total. The fraction of sp³-hybridized carbons (Fsp3) is 0.600. The van der Waals surface area contributed by atoms with Crippen molar-refractivity contribution < 1.29 is 0 Å². The summed E-state index contributed by atoms with van der Waals surface area (Å²) in [6, 6.07) is 2.58. The SMILES string of the molecule is Cc1cc(N2CCN[C@H](C)C2)ncn1. The molecule has 0 aromatic carbocycles. The summed E-state index contributed by atoms with van der Waals surface area (Å²) in [5.41, 5.74) is 1.03. The van der Waals surface area contributed by atoms with Crippen LogP contribution < -0.4 is 10.2 Å². The van der Waals surface area contributed by atoms with Crippen LogP contribution in [0, 0.1) is 6.92 Å². The fourth-order valence-corrected chi connectivity index (χ4v) is 1.75. The average Bonchev–Trinajstić information content (AvgIpc) is 2.18. The van der Waals surface area contributed by atoms with Crippen molar-refractivity contribution in [2.75, 3.05) is 24.5 Å². The molecule has 2 heterocycles. The number of aryl methyl sites for hydroxylation is 1. The molecule has 2 rings (SSSR count). The molecule has 1 aliphatic heterocycles. The molecular weight excluding hydrogens is 176 g/mol. The Morgan fingerprint density at radius 1 is 1.50 bits per heavy atom. The highest BCUT2D eigenvalue weighted by Crippen LogP contribution is 2.12. The van der Waals surface area contributed by atoms with E-state index in [2.05, 4.69) is 27.1 Å². The third kappa shape index (κ3) is 2.01. The number of nitrogens with one attached hydrogen (secondary N) is 1. The smallest absolute Gasteiger partial charge is 0.132 e. The summed E-state index contributed by atoms with van der Waals surface area (Å²) < 4.78 is 0. The first kappa shape index (κ1) is 9.40. The second-order valence-electron chi connectivity index (χ2n) is 3.82. The van der Waals surface area contributed by atoms with Crippen LogP contribution in [-0.2, 0) is 0 Å². The molecule has 0 bridgehead atoms. The Labute approximate surface area is 84.4 Å². The number of hydrogen-bond acceptors (Lipinski definition) is 4. The van der Waals surface area contributed by atoms with Gasteiger partial charge in [-0.3, -0.25) is 0 Å². The molecule has 1 fully saturated rings. The van der Waals surface area contributed by atoms with E-state index in [-0.39, 0.29) is 0 Å². The van der Waals surface area contributed by atoms with Crippen LogP contribution in [0.2, 0.25) is 0 Å². The Balaban J connectivity index is 2.14. The Kier molecular flexibility index (Phi) is 2.63. The van der Waals surface area contributed by atoms with Gasteiger partial charge in [0.1, 0.15) is 12.1 Å². The van der Waals surface area contributed by atoms with Crippen LogP contribution in [0.5, 0.6) is 0 Å². The normalized spacial score (nSPS) is 22.4. The van der Waals surface area contributed by atoms with Crippen LogP contribution in [-0.4, -0.2) is 35.6 Å². The molecule has 14 heavy (non-hydrogen) atoms. The molecule has 0 radical (unpaired) electrons. The van der Waals surface area contributed by atoms with E-state index >= 15 is 0 Å². The van der Waals surface area contributed by atoms with Gasteiger partial charge in [0.2, 0.25) is 0 Å². The monoisotopic (exact) mass is 192 g/mol. The van der Waals surface area contributed by atoms with Crippen LogP contribution in [0.4, 0.5) is 5.82 Å². The zero-order chi connectivity index (χ0) is 9.97. The molecule has 1 aliphatic rings. The standard InChI is InChI=1S/C10H16N4/c1-8-5-10(13-7-12-8)14-4-3-11-9(2)6-14/h5,7,9,11H,3-4,6H2,1-2H3/t9-/m1/s1. The number of aromatic nitrogens is 2. The van der Waals surface area contributed by atoms with E-state index in [0.29, 0.717) is 6.04 Å². The minimum Gasteiger partial charge on any atom is -0.354 e. The predicted molar refractivity (Wildman–Crippen MR) is 56.4 cm³/mol. The van der Waals surface area contributed by atoms with E-state index in [0.717, 1.165) is 31.1 Å². The van der Waals surface area contributed by atoms with Crippen molar-refractivity contribution >= 4 is 5.82 Å². The zero-order valence-corrected chi connectivity index (χ0v) is 8.70. The van der Waals surface area contributed by atoms with Gasteiger partial charge in [0.25, 0.3) is 0 Å². The Bertz CT molecular complexity index is 313. The molecule has 0 unspecified atom stereocenters. The number of hydrogen-bond donors (Lipinski definition) is 1. The molecule has 1 aromatic heterocycles. The fourth-order valence-electron chi connectivity index (χ4n) is 1.75. The van der Waals surface area contributed by atoms with Gasteiger partial charge >= 0.3 is 0 Å². The average molecular weight is 192 g/mol. The number of rotatable bonds is 1. The lowest BCUT2D eigenvalue weighted by Crippen LogP contribution is -2.49. The molecule has 4 heteroatoms. The molecule has 0 aliphatic carbocycles. The van der Waals surface area contributed by atoms with Crippen LogP contribution in [0.1, 0.15) is 12.6 Å². The minimum absolute atomic E-state index is 0.541. The van der Waals surface area contributed by atoms with E-state index in [1.54, 1.807) is 6.33 Å². The number of piperazine rings is 1. The third-order valence-corrected chi connectivity index (χ3v) is 2.48. The van der Waals surface area contributed by atoms with Gasteiger partial charge in [-0.05, 0) is 13.8 Å². The molecule has 0 saturated carbocycles. The number of nitrogens with zero attached hydrogens (tertiary/aromatic N) is 3. The molecule has 1 atom stereocenters. The summed E-state index contributed by atoms with van der Waals surface area (Å²) in [5.74, 6) is 1.05. The molecule has 76 valence electrons. The Hall–Kier alpha value is -1.16. The topological polar surface area (TPSA) is 41.0 Å². The van der Waals surface area contributed by atoms with Gasteiger partial charge in [0, 0.05) is 37.4 Å². The van der Waals surface area contributed by atoms with Crippen LogP contribution >= 0.6 is 0 Å². The lowest BCUT2D eigenvalue weighted by Gasteiger charge is -2.32. The first-order valence-corrected chi connectivity index (χ1v) is 5.02. The van der Waals surface area contributed by atoms with Crippen molar-refractivity contribution in [1.82, 2.24) is 15.3 Å².